The van der Waals surface area contributed by atoms with Crippen LogP contribution in [0.4, 0.5) is 5.69 Å². The van der Waals surface area contributed by atoms with Crippen LogP contribution in [-0.4, -0.2) is 25.0 Å². The van der Waals surface area contributed by atoms with Gasteiger partial charge in [-0.3, -0.25) is 4.79 Å². The van der Waals surface area contributed by atoms with Gasteiger partial charge in [-0.25, -0.2) is 0 Å². The molecule has 1 N–H and O–H groups in total. The number of anilines is 1. The van der Waals surface area contributed by atoms with E-state index >= 15 is 0 Å². The van der Waals surface area contributed by atoms with E-state index in [4.69, 9.17) is 5.26 Å². The maximum Gasteiger partial charge on any atom is 0.243 e. The summed E-state index contributed by atoms with van der Waals surface area (Å²) in [5.41, 5.74) is 3.45. The van der Waals surface area contributed by atoms with E-state index in [1.54, 1.807) is 0 Å². The molecule has 0 saturated carbocycles. The van der Waals surface area contributed by atoms with Gasteiger partial charge in [0, 0.05) is 18.8 Å². The van der Waals surface area contributed by atoms with Gasteiger partial charge in [-0.2, -0.15) is 5.26 Å². The first kappa shape index (κ1) is 13.4. The Morgan fingerprint density at radius 1 is 1.47 bits per heavy atom. The molecule has 1 aliphatic rings. The fourth-order valence-electron chi connectivity index (χ4n) is 2.50. The Morgan fingerprint density at radius 3 is 3.00 bits per heavy atom. The van der Waals surface area contributed by atoms with Crippen LogP contribution in [0.15, 0.2) is 18.2 Å². The van der Waals surface area contributed by atoms with E-state index in [0.717, 1.165) is 18.7 Å². The fraction of sp³-hybridized carbons (Fsp3) is 0.467. The number of aryl methyl sites for hydroxylation is 1. The maximum atomic E-state index is 12.1. The molecule has 0 bridgehead atoms. The Hall–Kier alpha value is -2.02. The number of hydrogen-bond acceptors (Lipinski definition) is 3. The lowest BCUT2D eigenvalue weighted by molar-refractivity contribution is -0.121. The van der Waals surface area contributed by atoms with E-state index < -0.39 is 0 Å². The molecule has 0 spiro atoms. The van der Waals surface area contributed by atoms with E-state index in [2.05, 4.69) is 36.2 Å². The number of benzene rings is 1. The van der Waals surface area contributed by atoms with Crippen LogP contribution in [0.3, 0.4) is 0 Å². The van der Waals surface area contributed by atoms with E-state index in [9.17, 15) is 4.79 Å². The van der Waals surface area contributed by atoms with Crippen molar-refractivity contribution in [2.75, 3.05) is 18.0 Å². The van der Waals surface area contributed by atoms with Crippen LogP contribution in [0.25, 0.3) is 0 Å². The number of hydrogen-bond donors (Lipinski definition) is 1. The van der Waals surface area contributed by atoms with Crippen LogP contribution in [0.1, 0.15) is 24.0 Å². The summed E-state index contributed by atoms with van der Waals surface area (Å²) in [4.78, 5) is 14.2. The van der Waals surface area contributed by atoms with Gasteiger partial charge in [0.1, 0.15) is 6.04 Å². The molecule has 4 nitrogen and oxygen atoms in total. The Kier molecular flexibility index (Phi) is 4.06. The summed E-state index contributed by atoms with van der Waals surface area (Å²) < 4.78 is 0. The first-order chi connectivity index (χ1) is 9.15. The summed E-state index contributed by atoms with van der Waals surface area (Å²) in [6.45, 7) is 5.62. The average Bonchev–Trinajstić information content (AvgIpc) is 2.57. The van der Waals surface area contributed by atoms with Gasteiger partial charge in [0.15, 0.2) is 0 Å². The highest BCUT2D eigenvalue weighted by atomic mass is 16.2. The van der Waals surface area contributed by atoms with Gasteiger partial charge in [0.25, 0.3) is 0 Å². The van der Waals surface area contributed by atoms with Crippen LogP contribution < -0.4 is 10.2 Å². The summed E-state index contributed by atoms with van der Waals surface area (Å²) in [6.07, 6.45) is 1.13. The summed E-state index contributed by atoms with van der Waals surface area (Å²) in [5, 5.41) is 11.8. The molecule has 0 aromatic heterocycles. The molecule has 1 aromatic carbocycles. The Balaban J connectivity index is 2.41. The highest BCUT2D eigenvalue weighted by molar-refractivity contribution is 5.86. The molecule has 19 heavy (non-hydrogen) atoms. The van der Waals surface area contributed by atoms with Gasteiger partial charge < -0.3 is 10.2 Å². The second kappa shape index (κ2) is 5.75. The Morgan fingerprint density at radius 2 is 2.26 bits per heavy atom. The molecule has 1 atom stereocenters. The molecule has 0 radical (unpaired) electrons. The second-order valence-electron chi connectivity index (χ2n) is 4.94. The van der Waals surface area contributed by atoms with Gasteiger partial charge >= 0.3 is 0 Å². The van der Waals surface area contributed by atoms with Crippen LogP contribution in [0.5, 0.6) is 0 Å². The second-order valence-corrected chi connectivity index (χ2v) is 4.94. The lowest BCUT2D eigenvalue weighted by Gasteiger charge is -2.30. The minimum atomic E-state index is -0.381. The number of amides is 1. The first-order valence-electron chi connectivity index (χ1n) is 6.62. The molecule has 1 aromatic rings. The molecule has 1 saturated heterocycles. The topological polar surface area (TPSA) is 56.1 Å². The summed E-state index contributed by atoms with van der Waals surface area (Å²) in [5.74, 6) is -0.0417. The molecule has 1 amide bonds. The maximum absolute atomic E-state index is 12.1. The van der Waals surface area contributed by atoms with Crippen molar-refractivity contribution in [2.24, 2.45) is 0 Å². The minimum Gasteiger partial charge on any atom is -0.358 e. The van der Waals surface area contributed by atoms with Crippen molar-refractivity contribution in [3.05, 3.63) is 29.3 Å². The van der Waals surface area contributed by atoms with Crippen molar-refractivity contribution in [2.45, 2.75) is 32.7 Å². The molecular weight excluding hydrogens is 238 g/mol. The third-order valence-corrected chi connectivity index (χ3v) is 3.72. The molecule has 0 aliphatic carbocycles. The summed E-state index contributed by atoms with van der Waals surface area (Å²) >= 11 is 0. The predicted octanol–water partition coefficient (Wildman–Crippen LogP) is 1.91. The van der Waals surface area contributed by atoms with Crippen molar-refractivity contribution in [3.8, 4) is 6.07 Å². The lowest BCUT2D eigenvalue weighted by atomic mass is 10.0. The Labute approximate surface area is 114 Å². The van der Waals surface area contributed by atoms with Crippen molar-refractivity contribution in [3.63, 3.8) is 0 Å². The third kappa shape index (κ3) is 2.70. The smallest absolute Gasteiger partial charge is 0.243 e. The van der Waals surface area contributed by atoms with Crippen LogP contribution >= 0.6 is 0 Å². The Bertz CT molecular complexity index is 519. The summed E-state index contributed by atoms with van der Waals surface area (Å²) in [7, 11) is 0. The van der Waals surface area contributed by atoms with Crippen molar-refractivity contribution < 1.29 is 4.79 Å². The number of nitrogens with zero attached hydrogens (tertiary/aromatic N) is 2. The number of nitriles is 1. The molecule has 100 valence electrons. The molecule has 2 rings (SSSR count). The highest BCUT2D eigenvalue weighted by Crippen LogP contribution is 2.26. The molecule has 1 fully saturated rings. The van der Waals surface area contributed by atoms with E-state index in [1.807, 2.05) is 12.1 Å². The largest absolute Gasteiger partial charge is 0.358 e. The van der Waals surface area contributed by atoms with Gasteiger partial charge in [-0.15, -0.1) is 0 Å². The minimum absolute atomic E-state index is 0.0417. The number of nitrogens with one attached hydrogen (secondary N) is 1. The number of rotatable bonds is 2. The normalized spacial score (nSPS) is 19.5. The van der Waals surface area contributed by atoms with Gasteiger partial charge in [0.2, 0.25) is 5.91 Å². The van der Waals surface area contributed by atoms with Gasteiger partial charge in [0.05, 0.1) is 12.5 Å². The van der Waals surface area contributed by atoms with Crippen LogP contribution in [-0.2, 0) is 4.79 Å². The van der Waals surface area contributed by atoms with Crippen molar-refractivity contribution >= 4 is 11.6 Å². The van der Waals surface area contributed by atoms with E-state index in [0.29, 0.717) is 6.54 Å². The van der Waals surface area contributed by atoms with Gasteiger partial charge in [-0.05, 0) is 37.5 Å². The average molecular weight is 257 g/mol. The third-order valence-electron chi connectivity index (χ3n) is 3.72. The molecule has 4 heteroatoms. The standard InChI is InChI=1S/C15H19N3O/c1-11-5-3-6-13(12(11)2)18-10-4-9-17-15(19)14(18)7-8-16/h3,5-6,14H,4,7,9-10H2,1-2H3,(H,17,19). The number of carbonyl (C=O) groups is 1. The van der Waals surface area contributed by atoms with E-state index in [1.165, 1.54) is 11.1 Å². The molecule has 1 unspecified atom stereocenters. The van der Waals surface area contributed by atoms with Crippen LogP contribution in [0.2, 0.25) is 0 Å². The molecule has 1 heterocycles. The lowest BCUT2D eigenvalue weighted by Crippen LogP contribution is -2.44. The number of carbonyl (C=O) groups excluding carboxylic acids is 1. The SMILES string of the molecule is Cc1cccc(N2CCCNC(=O)C2CC#N)c1C. The van der Waals surface area contributed by atoms with Crippen molar-refractivity contribution in [1.82, 2.24) is 5.32 Å². The van der Waals surface area contributed by atoms with E-state index in [-0.39, 0.29) is 18.4 Å². The van der Waals surface area contributed by atoms with Gasteiger partial charge in [-0.1, -0.05) is 12.1 Å². The summed E-state index contributed by atoms with van der Waals surface area (Å²) in [6, 6.07) is 7.85. The zero-order valence-electron chi connectivity index (χ0n) is 11.4. The quantitative estimate of drug-likeness (QED) is 0.880. The molecular formula is C15H19N3O. The van der Waals surface area contributed by atoms with Crippen molar-refractivity contribution in [1.29, 1.82) is 5.26 Å². The zero-order valence-corrected chi connectivity index (χ0v) is 11.4. The highest BCUT2D eigenvalue weighted by Gasteiger charge is 2.28. The molecule has 1 aliphatic heterocycles. The fourth-order valence-corrected chi connectivity index (χ4v) is 2.50. The predicted molar refractivity (Wildman–Crippen MR) is 74.9 cm³/mol. The first-order valence-corrected chi connectivity index (χ1v) is 6.62. The van der Waals surface area contributed by atoms with Crippen LogP contribution in [0, 0.1) is 25.2 Å². The monoisotopic (exact) mass is 257 g/mol. The zero-order chi connectivity index (χ0) is 13.8.